The second-order valence-electron chi connectivity index (χ2n) is 4.81. The Morgan fingerprint density at radius 2 is 1.59 bits per heavy atom. The van der Waals surface area contributed by atoms with E-state index in [9.17, 15) is 15.2 Å². The molecule has 2 aromatic carbocycles. The van der Waals surface area contributed by atoms with Gasteiger partial charge in [-0.2, -0.15) is 5.26 Å². The molecule has 112 valence electrons. The quantitative estimate of drug-likeness (QED) is 0.860. The van der Waals surface area contributed by atoms with Crippen molar-refractivity contribution < 1.29 is 14.6 Å². The number of aliphatic hydroxyl groups excluding tert-OH is 1. The van der Waals surface area contributed by atoms with Gasteiger partial charge in [-0.15, -0.1) is 0 Å². The zero-order valence-electron chi connectivity index (χ0n) is 12.3. The molecule has 0 saturated carbocycles. The van der Waals surface area contributed by atoms with E-state index in [-0.39, 0.29) is 6.61 Å². The van der Waals surface area contributed by atoms with Crippen molar-refractivity contribution in [1.82, 2.24) is 0 Å². The fourth-order valence-corrected chi connectivity index (χ4v) is 2.47. The molecule has 0 amide bonds. The van der Waals surface area contributed by atoms with Gasteiger partial charge in [0.15, 0.2) is 6.10 Å². The lowest BCUT2D eigenvalue weighted by Gasteiger charge is -2.31. The predicted octanol–water partition coefficient (Wildman–Crippen LogP) is 2.42. The summed E-state index contributed by atoms with van der Waals surface area (Å²) in [7, 11) is 0. The number of nitrogens with zero attached hydrogens (tertiary/aromatic N) is 1. The highest BCUT2D eigenvalue weighted by atomic mass is 16.5. The standard InChI is InChI=1S/C18H17NO3/c1-2-22-17(21)16(20)18(13-19,14-9-5-3-6-10-14)15-11-7-4-8-12-15/h3-12,16,20H,2H2,1H3. The minimum atomic E-state index is -1.61. The Labute approximate surface area is 129 Å². The van der Waals surface area contributed by atoms with Gasteiger partial charge in [0.05, 0.1) is 12.7 Å². The van der Waals surface area contributed by atoms with E-state index in [0.29, 0.717) is 11.1 Å². The number of nitriles is 1. The summed E-state index contributed by atoms with van der Waals surface area (Å²) >= 11 is 0. The number of carbonyl (C=O) groups excluding carboxylic acids is 1. The minimum Gasteiger partial charge on any atom is -0.464 e. The first kappa shape index (κ1) is 15.7. The van der Waals surface area contributed by atoms with Crippen LogP contribution in [0.3, 0.4) is 0 Å². The molecule has 2 rings (SSSR count). The van der Waals surface area contributed by atoms with E-state index >= 15 is 0 Å². The third-order valence-electron chi connectivity index (χ3n) is 3.55. The van der Waals surface area contributed by atoms with Crippen molar-refractivity contribution in [3.8, 4) is 6.07 Å². The van der Waals surface area contributed by atoms with E-state index < -0.39 is 17.5 Å². The van der Waals surface area contributed by atoms with Gasteiger partial charge in [-0.05, 0) is 18.1 Å². The second kappa shape index (κ2) is 6.88. The molecule has 1 N–H and O–H groups in total. The summed E-state index contributed by atoms with van der Waals surface area (Å²) in [5.74, 6) is -0.809. The Kier molecular flexibility index (Phi) is 4.92. The largest absolute Gasteiger partial charge is 0.464 e. The number of carbonyl (C=O) groups is 1. The lowest BCUT2D eigenvalue weighted by Crippen LogP contribution is -2.45. The van der Waals surface area contributed by atoms with Crippen molar-refractivity contribution in [1.29, 1.82) is 5.26 Å². The molecule has 0 saturated heterocycles. The van der Waals surface area contributed by atoms with Crippen LogP contribution in [0.25, 0.3) is 0 Å². The topological polar surface area (TPSA) is 70.3 Å². The summed E-state index contributed by atoms with van der Waals surface area (Å²) in [6, 6.07) is 19.7. The van der Waals surface area contributed by atoms with Crippen molar-refractivity contribution in [2.45, 2.75) is 18.4 Å². The van der Waals surface area contributed by atoms with Crippen LogP contribution in [-0.4, -0.2) is 23.8 Å². The number of benzene rings is 2. The first-order valence-electron chi connectivity index (χ1n) is 7.03. The molecule has 1 unspecified atom stereocenters. The highest BCUT2D eigenvalue weighted by molar-refractivity contribution is 5.79. The number of hydrogen-bond donors (Lipinski definition) is 1. The molecule has 0 heterocycles. The summed E-state index contributed by atoms with van der Waals surface area (Å²) in [6.07, 6.45) is -1.61. The van der Waals surface area contributed by atoms with Crippen molar-refractivity contribution in [3.63, 3.8) is 0 Å². The molecule has 0 aromatic heterocycles. The average molecular weight is 295 g/mol. The summed E-state index contributed by atoms with van der Waals surface area (Å²) in [4.78, 5) is 12.1. The van der Waals surface area contributed by atoms with E-state index in [4.69, 9.17) is 4.74 Å². The molecule has 0 aliphatic carbocycles. The van der Waals surface area contributed by atoms with Gasteiger partial charge in [0, 0.05) is 0 Å². The van der Waals surface area contributed by atoms with Crippen LogP contribution in [0.4, 0.5) is 0 Å². The van der Waals surface area contributed by atoms with Gasteiger partial charge >= 0.3 is 5.97 Å². The molecule has 0 aliphatic heterocycles. The lowest BCUT2D eigenvalue weighted by atomic mass is 9.71. The summed E-state index contributed by atoms with van der Waals surface area (Å²) < 4.78 is 4.91. The van der Waals surface area contributed by atoms with Gasteiger partial charge in [0.2, 0.25) is 0 Å². The maximum Gasteiger partial charge on any atom is 0.337 e. The van der Waals surface area contributed by atoms with Crippen molar-refractivity contribution in [2.75, 3.05) is 6.61 Å². The van der Waals surface area contributed by atoms with Gasteiger partial charge in [-0.25, -0.2) is 4.79 Å². The average Bonchev–Trinajstić information content (AvgIpc) is 2.58. The van der Waals surface area contributed by atoms with Crippen molar-refractivity contribution in [3.05, 3.63) is 71.8 Å². The number of hydrogen-bond acceptors (Lipinski definition) is 4. The van der Waals surface area contributed by atoms with Crippen LogP contribution < -0.4 is 0 Å². The molecule has 2 aromatic rings. The minimum absolute atomic E-state index is 0.140. The molecule has 1 atom stereocenters. The molecule has 4 heteroatoms. The zero-order chi connectivity index (χ0) is 16.0. The van der Waals surface area contributed by atoms with Gasteiger partial charge in [-0.1, -0.05) is 60.7 Å². The third kappa shape index (κ3) is 2.72. The summed E-state index contributed by atoms with van der Waals surface area (Å²) in [5.41, 5.74) is -0.414. The first-order chi connectivity index (χ1) is 10.7. The van der Waals surface area contributed by atoms with Gasteiger partial charge in [0.1, 0.15) is 5.41 Å². The molecule has 0 bridgehead atoms. The van der Waals surface area contributed by atoms with E-state index in [1.807, 2.05) is 12.1 Å². The number of rotatable bonds is 5. The molecule has 0 spiro atoms. The van der Waals surface area contributed by atoms with Crippen LogP contribution in [0.15, 0.2) is 60.7 Å². The van der Waals surface area contributed by atoms with Crippen LogP contribution in [0, 0.1) is 11.3 Å². The van der Waals surface area contributed by atoms with Crippen molar-refractivity contribution in [2.24, 2.45) is 0 Å². The van der Waals surface area contributed by atoms with Crippen LogP contribution in [0.1, 0.15) is 18.1 Å². The molecule has 0 radical (unpaired) electrons. The lowest BCUT2D eigenvalue weighted by molar-refractivity contribution is -0.155. The summed E-state index contributed by atoms with van der Waals surface area (Å²) in [6.45, 7) is 1.80. The van der Waals surface area contributed by atoms with Crippen LogP contribution >= 0.6 is 0 Å². The number of aliphatic hydroxyl groups is 1. The van der Waals surface area contributed by atoms with Gasteiger partial charge in [0.25, 0.3) is 0 Å². The second-order valence-corrected chi connectivity index (χ2v) is 4.81. The highest BCUT2D eigenvalue weighted by Gasteiger charge is 2.46. The predicted molar refractivity (Wildman–Crippen MR) is 81.9 cm³/mol. The Bertz CT molecular complexity index is 622. The maximum absolute atomic E-state index is 12.1. The summed E-state index contributed by atoms with van der Waals surface area (Å²) in [5, 5.41) is 20.4. The number of esters is 1. The van der Waals surface area contributed by atoms with E-state index in [1.54, 1.807) is 55.5 Å². The van der Waals surface area contributed by atoms with Crippen molar-refractivity contribution >= 4 is 5.97 Å². The molecular weight excluding hydrogens is 278 g/mol. The highest BCUT2D eigenvalue weighted by Crippen LogP contribution is 2.35. The fourth-order valence-electron chi connectivity index (χ4n) is 2.47. The monoisotopic (exact) mass is 295 g/mol. The van der Waals surface area contributed by atoms with Gasteiger partial charge < -0.3 is 9.84 Å². The Morgan fingerprint density at radius 1 is 1.14 bits per heavy atom. The third-order valence-corrected chi connectivity index (χ3v) is 3.55. The SMILES string of the molecule is CCOC(=O)C(O)C(C#N)(c1ccccc1)c1ccccc1. The first-order valence-corrected chi connectivity index (χ1v) is 7.03. The molecular formula is C18H17NO3. The van der Waals surface area contributed by atoms with E-state index in [0.717, 1.165) is 0 Å². The number of ether oxygens (including phenoxy) is 1. The molecule has 0 aliphatic rings. The fraction of sp³-hybridized carbons (Fsp3) is 0.222. The Hall–Kier alpha value is -2.64. The normalized spacial score (nSPS) is 12.2. The Morgan fingerprint density at radius 3 is 1.95 bits per heavy atom. The smallest absolute Gasteiger partial charge is 0.337 e. The van der Waals surface area contributed by atoms with Crippen LogP contribution in [0.2, 0.25) is 0 Å². The molecule has 22 heavy (non-hydrogen) atoms. The molecule has 4 nitrogen and oxygen atoms in total. The maximum atomic E-state index is 12.1. The van der Waals surface area contributed by atoms with Gasteiger partial charge in [-0.3, -0.25) is 0 Å². The van der Waals surface area contributed by atoms with Crippen LogP contribution in [-0.2, 0) is 14.9 Å². The van der Waals surface area contributed by atoms with E-state index in [2.05, 4.69) is 6.07 Å². The van der Waals surface area contributed by atoms with Crippen LogP contribution in [0.5, 0.6) is 0 Å². The Balaban J connectivity index is 2.64. The van der Waals surface area contributed by atoms with E-state index in [1.165, 1.54) is 0 Å². The molecule has 0 fully saturated rings. The zero-order valence-corrected chi connectivity index (χ0v) is 12.3.